The van der Waals surface area contributed by atoms with E-state index in [9.17, 15) is 8.78 Å². The van der Waals surface area contributed by atoms with E-state index >= 15 is 0 Å². The molecule has 0 spiro atoms. The highest BCUT2D eigenvalue weighted by Crippen LogP contribution is 2.25. The largest absolute Gasteiger partial charge is 0.373 e. The number of fused-ring (bicyclic) bond motifs is 1. The molecule has 0 atom stereocenters. The lowest BCUT2D eigenvalue weighted by atomic mass is 10.1. The Hall–Kier alpha value is -2.56. The molecule has 0 aliphatic heterocycles. The van der Waals surface area contributed by atoms with Crippen molar-refractivity contribution in [2.24, 2.45) is 0 Å². The van der Waals surface area contributed by atoms with E-state index in [0.717, 1.165) is 11.5 Å². The molecule has 5 heteroatoms. The molecule has 0 aliphatic rings. The summed E-state index contributed by atoms with van der Waals surface area (Å²) >= 11 is 0. The van der Waals surface area contributed by atoms with Crippen molar-refractivity contribution in [1.29, 1.82) is 0 Å². The van der Waals surface area contributed by atoms with Gasteiger partial charge in [0.25, 0.3) is 0 Å². The second kappa shape index (κ2) is 4.85. The van der Waals surface area contributed by atoms with E-state index in [4.69, 9.17) is 0 Å². The Morgan fingerprint density at radius 2 is 1.65 bits per heavy atom. The molecule has 3 aromatic rings. The van der Waals surface area contributed by atoms with Crippen LogP contribution in [0.5, 0.6) is 0 Å². The monoisotopic (exact) mass is 271 g/mol. The fraction of sp³-hybridized carbons (Fsp3) is 0.0667. The third-order valence-corrected chi connectivity index (χ3v) is 2.96. The van der Waals surface area contributed by atoms with Crippen LogP contribution in [-0.2, 0) is 0 Å². The minimum Gasteiger partial charge on any atom is -0.373 e. The Labute approximate surface area is 114 Å². The highest BCUT2D eigenvalue weighted by atomic mass is 19.1. The van der Waals surface area contributed by atoms with Crippen molar-refractivity contribution in [2.75, 3.05) is 12.4 Å². The van der Waals surface area contributed by atoms with Gasteiger partial charge in [0.15, 0.2) is 5.82 Å². The van der Waals surface area contributed by atoms with Crippen molar-refractivity contribution in [3.63, 3.8) is 0 Å². The number of nitrogens with one attached hydrogen (secondary N) is 1. The van der Waals surface area contributed by atoms with Crippen LogP contribution in [0, 0.1) is 11.6 Å². The lowest BCUT2D eigenvalue weighted by Gasteiger charge is -2.08. The van der Waals surface area contributed by atoms with Crippen LogP contribution in [-0.4, -0.2) is 17.0 Å². The Kier molecular flexibility index (Phi) is 3.02. The van der Waals surface area contributed by atoms with E-state index in [1.54, 1.807) is 7.05 Å². The summed E-state index contributed by atoms with van der Waals surface area (Å²) in [4.78, 5) is 8.67. The number of nitrogens with zero attached hydrogens (tertiary/aromatic N) is 2. The van der Waals surface area contributed by atoms with Crippen LogP contribution in [0.15, 0.2) is 42.5 Å². The molecule has 0 unspecified atom stereocenters. The summed E-state index contributed by atoms with van der Waals surface area (Å²) in [6, 6.07) is 10.7. The Morgan fingerprint density at radius 1 is 0.950 bits per heavy atom. The van der Waals surface area contributed by atoms with Gasteiger partial charge >= 0.3 is 0 Å². The maximum Gasteiger partial charge on any atom is 0.162 e. The standard InChI is InChI=1S/C15H11F2N3/c1-18-15-12-4-2-3-5-13(12)19-14(20-15)9-6-10(16)8-11(17)7-9/h2-8H,1H3,(H,18,19,20). The van der Waals surface area contributed by atoms with E-state index in [2.05, 4.69) is 15.3 Å². The van der Waals surface area contributed by atoms with Gasteiger partial charge in [-0.25, -0.2) is 18.7 Å². The number of anilines is 1. The number of halogens is 2. The molecule has 0 amide bonds. The quantitative estimate of drug-likeness (QED) is 0.773. The molecule has 3 nitrogen and oxygen atoms in total. The molecule has 0 saturated heterocycles. The van der Waals surface area contributed by atoms with Crippen LogP contribution in [0.2, 0.25) is 0 Å². The minimum atomic E-state index is -0.650. The van der Waals surface area contributed by atoms with Gasteiger partial charge in [0, 0.05) is 24.1 Å². The number of aromatic nitrogens is 2. The van der Waals surface area contributed by atoms with E-state index in [1.807, 2.05) is 24.3 Å². The fourth-order valence-corrected chi connectivity index (χ4v) is 2.08. The molecule has 0 bridgehead atoms. The number of benzene rings is 2. The first-order valence-corrected chi connectivity index (χ1v) is 6.08. The second-order valence-corrected chi connectivity index (χ2v) is 4.32. The van der Waals surface area contributed by atoms with Gasteiger partial charge in [-0.3, -0.25) is 0 Å². The van der Waals surface area contributed by atoms with Gasteiger partial charge in [-0.05, 0) is 24.3 Å². The Morgan fingerprint density at radius 3 is 2.35 bits per heavy atom. The molecule has 1 aromatic heterocycles. The first kappa shape index (κ1) is 12.5. The molecule has 1 heterocycles. The molecule has 0 radical (unpaired) electrons. The highest BCUT2D eigenvalue weighted by Gasteiger charge is 2.10. The van der Waals surface area contributed by atoms with Crippen molar-refractivity contribution in [2.45, 2.75) is 0 Å². The molecular formula is C15H11F2N3. The maximum absolute atomic E-state index is 13.3. The van der Waals surface area contributed by atoms with Crippen molar-refractivity contribution in [3.05, 3.63) is 54.1 Å². The number of hydrogen-bond donors (Lipinski definition) is 1. The van der Waals surface area contributed by atoms with Crippen LogP contribution >= 0.6 is 0 Å². The van der Waals surface area contributed by atoms with E-state index in [1.165, 1.54) is 12.1 Å². The SMILES string of the molecule is CNc1nc(-c2cc(F)cc(F)c2)nc2ccccc12. The smallest absolute Gasteiger partial charge is 0.162 e. The molecule has 0 aliphatic carbocycles. The van der Waals surface area contributed by atoms with E-state index in [-0.39, 0.29) is 5.82 Å². The van der Waals surface area contributed by atoms with Crippen LogP contribution in [0.25, 0.3) is 22.3 Å². The highest BCUT2D eigenvalue weighted by molar-refractivity contribution is 5.90. The van der Waals surface area contributed by atoms with Crippen molar-refractivity contribution in [1.82, 2.24) is 9.97 Å². The van der Waals surface area contributed by atoms with Gasteiger partial charge in [-0.15, -0.1) is 0 Å². The van der Waals surface area contributed by atoms with Crippen LogP contribution in [0.1, 0.15) is 0 Å². The molecule has 0 saturated carbocycles. The zero-order valence-corrected chi connectivity index (χ0v) is 10.7. The topological polar surface area (TPSA) is 37.8 Å². The first-order valence-electron chi connectivity index (χ1n) is 6.08. The van der Waals surface area contributed by atoms with Crippen LogP contribution in [0.4, 0.5) is 14.6 Å². The van der Waals surface area contributed by atoms with Crippen molar-refractivity contribution >= 4 is 16.7 Å². The number of para-hydroxylation sites is 1. The maximum atomic E-state index is 13.3. The molecule has 0 fully saturated rings. The third kappa shape index (κ3) is 2.18. The summed E-state index contributed by atoms with van der Waals surface area (Å²) in [5, 5.41) is 3.83. The third-order valence-electron chi connectivity index (χ3n) is 2.96. The predicted molar refractivity (Wildman–Crippen MR) is 74.4 cm³/mol. The van der Waals surface area contributed by atoms with Gasteiger partial charge in [0.05, 0.1) is 5.52 Å². The fourth-order valence-electron chi connectivity index (χ4n) is 2.08. The second-order valence-electron chi connectivity index (χ2n) is 4.32. The average Bonchev–Trinajstić information content (AvgIpc) is 2.45. The summed E-state index contributed by atoms with van der Waals surface area (Å²) in [7, 11) is 1.74. The van der Waals surface area contributed by atoms with Crippen LogP contribution < -0.4 is 5.32 Å². The van der Waals surface area contributed by atoms with E-state index < -0.39 is 11.6 Å². The predicted octanol–water partition coefficient (Wildman–Crippen LogP) is 3.62. The summed E-state index contributed by atoms with van der Waals surface area (Å²) in [5.74, 6) is -0.396. The Bertz CT molecular complexity index is 767. The van der Waals surface area contributed by atoms with Crippen molar-refractivity contribution < 1.29 is 8.78 Å². The molecule has 100 valence electrons. The average molecular weight is 271 g/mol. The van der Waals surface area contributed by atoms with Gasteiger partial charge in [0.1, 0.15) is 17.5 Å². The number of hydrogen-bond acceptors (Lipinski definition) is 3. The normalized spacial score (nSPS) is 10.8. The summed E-state index contributed by atoms with van der Waals surface area (Å²) in [6.07, 6.45) is 0. The van der Waals surface area contributed by atoms with Gasteiger partial charge < -0.3 is 5.32 Å². The van der Waals surface area contributed by atoms with Gasteiger partial charge in [-0.2, -0.15) is 0 Å². The molecule has 1 N–H and O–H groups in total. The molecule has 20 heavy (non-hydrogen) atoms. The number of rotatable bonds is 2. The van der Waals surface area contributed by atoms with E-state index in [0.29, 0.717) is 16.9 Å². The molecular weight excluding hydrogens is 260 g/mol. The molecule has 3 rings (SSSR count). The molecule has 2 aromatic carbocycles. The summed E-state index contributed by atoms with van der Waals surface area (Å²) < 4.78 is 26.6. The Balaban J connectivity index is 2.26. The first-order chi connectivity index (χ1) is 9.67. The van der Waals surface area contributed by atoms with Gasteiger partial charge in [0.2, 0.25) is 0 Å². The van der Waals surface area contributed by atoms with Gasteiger partial charge in [-0.1, -0.05) is 12.1 Å². The zero-order chi connectivity index (χ0) is 14.1. The lowest BCUT2D eigenvalue weighted by molar-refractivity contribution is 0.584. The van der Waals surface area contributed by atoms with Crippen molar-refractivity contribution in [3.8, 4) is 11.4 Å². The lowest BCUT2D eigenvalue weighted by Crippen LogP contribution is -1.99. The summed E-state index contributed by atoms with van der Waals surface area (Å²) in [5.41, 5.74) is 1.02. The summed E-state index contributed by atoms with van der Waals surface area (Å²) in [6.45, 7) is 0. The van der Waals surface area contributed by atoms with Crippen LogP contribution in [0.3, 0.4) is 0 Å². The minimum absolute atomic E-state index is 0.284. The zero-order valence-electron chi connectivity index (χ0n) is 10.7.